The minimum absolute atomic E-state index is 0.148. The van der Waals surface area contributed by atoms with Crippen LogP contribution in [0.5, 0.6) is 5.75 Å². The number of hydrogen-bond donors (Lipinski definition) is 1. The molecule has 1 amide bonds. The van der Waals surface area contributed by atoms with Crippen LogP contribution in [0.2, 0.25) is 0 Å². The molecule has 0 heterocycles. The number of amides is 1. The van der Waals surface area contributed by atoms with Crippen molar-refractivity contribution in [2.24, 2.45) is 0 Å². The number of carbonyl (C=O) groups is 1. The van der Waals surface area contributed by atoms with Crippen LogP contribution < -0.4 is 10.1 Å². The van der Waals surface area contributed by atoms with Crippen LogP contribution >= 0.6 is 0 Å². The van der Waals surface area contributed by atoms with Crippen molar-refractivity contribution in [3.63, 3.8) is 0 Å². The van der Waals surface area contributed by atoms with Gasteiger partial charge in [0, 0.05) is 0 Å². The van der Waals surface area contributed by atoms with Crippen LogP contribution in [0, 0.1) is 13.8 Å². The van der Waals surface area contributed by atoms with Gasteiger partial charge in [-0.2, -0.15) is 0 Å². The van der Waals surface area contributed by atoms with Gasteiger partial charge in [-0.15, -0.1) is 0 Å². The van der Waals surface area contributed by atoms with E-state index in [2.05, 4.69) is 36.5 Å². The van der Waals surface area contributed by atoms with Crippen molar-refractivity contribution in [3.05, 3.63) is 101 Å². The Labute approximate surface area is 161 Å². The molecule has 0 aliphatic heterocycles. The topological polar surface area (TPSA) is 38.3 Å². The third kappa shape index (κ3) is 4.98. The first-order chi connectivity index (χ1) is 13.0. The van der Waals surface area contributed by atoms with Gasteiger partial charge >= 0.3 is 0 Å². The zero-order chi connectivity index (χ0) is 19.2. The first-order valence-corrected chi connectivity index (χ1v) is 9.18. The van der Waals surface area contributed by atoms with Gasteiger partial charge in [0.2, 0.25) is 0 Å². The van der Waals surface area contributed by atoms with Crippen LogP contribution in [0.3, 0.4) is 0 Å². The van der Waals surface area contributed by atoms with Crippen LogP contribution in [0.4, 0.5) is 0 Å². The highest BCUT2D eigenvalue weighted by atomic mass is 16.5. The Bertz CT molecular complexity index is 871. The van der Waals surface area contributed by atoms with Crippen molar-refractivity contribution < 1.29 is 9.53 Å². The second-order valence-corrected chi connectivity index (χ2v) is 6.84. The van der Waals surface area contributed by atoms with Gasteiger partial charge in [0.25, 0.3) is 5.91 Å². The van der Waals surface area contributed by atoms with Gasteiger partial charge in [0.15, 0.2) is 6.10 Å². The van der Waals surface area contributed by atoms with Crippen LogP contribution in [0.25, 0.3) is 0 Å². The highest BCUT2D eigenvalue weighted by molar-refractivity contribution is 5.81. The molecule has 1 N–H and O–H groups in total. The smallest absolute Gasteiger partial charge is 0.261 e. The number of hydrogen-bond acceptors (Lipinski definition) is 2. The standard InChI is InChI=1S/C24H25NO2/c1-17-9-13-21(14-10-17)23(20-7-5-4-6-8-20)25-24(26)19(3)27-22-15-11-18(2)12-16-22/h4-16,19,23H,1-3H3,(H,25,26)/t19-,23+/m0/s1. The van der Waals surface area contributed by atoms with E-state index in [9.17, 15) is 4.79 Å². The highest BCUT2D eigenvalue weighted by Crippen LogP contribution is 2.23. The second kappa shape index (κ2) is 8.54. The lowest BCUT2D eigenvalue weighted by Gasteiger charge is -2.23. The maximum absolute atomic E-state index is 12.8. The molecule has 3 rings (SSSR count). The molecule has 0 spiro atoms. The zero-order valence-electron chi connectivity index (χ0n) is 16.0. The van der Waals surface area contributed by atoms with Gasteiger partial charge in [-0.3, -0.25) is 4.79 Å². The minimum atomic E-state index is -0.593. The fourth-order valence-electron chi connectivity index (χ4n) is 2.90. The van der Waals surface area contributed by atoms with Crippen molar-refractivity contribution in [2.75, 3.05) is 0 Å². The molecule has 3 aromatic rings. The van der Waals surface area contributed by atoms with Gasteiger partial charge in [-0.25, -0.2) is 0 Å². The van der Waals surface area contributed by atoms with E-state index in [0.717, 1.165) is 16.7 Å². The molecular formula is C24H25NO2. The molecule has 0 aliphatic rings. The fourth-order valence-corrected chi connectivity index (χ4v) is 2.90. The lowest BCUT2D eigenvalue weighted by molar-refractivity contribution is -0.127. The predicted molar refractivity (Wildman–Crippen MR) is 109 cm³/mol. The van der Waals surface area contributed by atoms with Crippen LogP contribution in [0.1, 0.15) is 35.2 Å². The Morgan fingerprint density at radius 3 is 1.89 bits per heavy atom. The van der Waals surface area contributed by atoms with E-state index >= 15 is 0 Å². The number of carbonyl (C=O) groups excluding carboxylic acids is 1. The van der Waals surface area contributed by atoms with E-state index in [0.29, 0.717) is 5.75 Å². The van der Waals surface area contributed by atoms with Gasteiger partial charge < -0.3 is 10.1 Å². The summed E-state index contributed by atoms with van der Waals surface area (Å²) in [5.41, 5.74) is 4.43. The largest absolute Gasteiger partial charge is 0.481 e. The summed E-state index contributed by atoms with van der Waals surface area (Å²) < 4.78 is 5.81. The molecule has 0 bridgehead atoms. The first kappa shape index (κ1) is 18.7. The Morgan fingerprint density at radius 1 is 0.778 bits per heavy atom. The fraction of sp³-hybridized carbons (Fsp3) is 0.208. The van der Waals surface area contributed by atoms with Crippen molar-refractivity contribution in [1.29, 1.82) is 0 Å². The van der Waals surface area contributed by atoms with E-state index < -0.39 is 6.10 Å². The Morgan fingerprint density at radius 2 is 1.30 bits per heavy atom. The average Bonchev–Trinajstić information content (AvgIpc) is 2.69. The Balaban J connectivity index is 1.77. The molecule has 0 saturated heterocycles. The molecule has 0 radical (unpaired) electrons. The second-order valence-electron chi connectivity index (χ2n) is 6.84. The number of ether oxygens (including phenoxy) is 1. The molecule has 2 atom stereocenters. The minimum Gasteiger partial charge on any atom is -0.481 e. The molecule has 0 unspecified atom stereocenters. The maximum Gasteiger partial charge on any atom is 0.261 e. The molecular weight excluding hydrogens is 334 g/mol. The molecule has 3 aromatic carbocycles. The summed E-state index contributed by atoms with van der Waals surface area (Å²) in [4.78, 5) is 12.8. The van der Waals surface area contributed by atoms with Crippen molar-refractivity contribution >= 4 is 5.91 Å². The van der Waals surface area contributed by atoms with Gasteiger partial charge in [0.05, 0.1) is 6.04 Å². The van der Waals surface area contributed by atoms with Gasteiger partial charge in [-0.05, 0) is 44.0 Å². The number of nitrogens with one attached hydrogen (secondary N) is 1. The van der Waals surface area contributed by atoms with Crippen molar-refractivity contribution in [3.8, 4) is 5.75 Å². The van der Waals surface area contributed by atoms with Crippen LogP contribution in [0.15, 0.2) is 78.9 Å². The summed E-state index contributed by atoms with van der Waals surface area (Å²) in [6.07, 6.45) is -0.593. The van der Waals surface area contributed by atoms with Gasteiger partial charge in [0.1, 0.15) is 5.75 Å². The normalized spacial score (nSPS) is 12.9. The van der Waals surface area contributed by atoms with Crippen molar-refractivity contribution in [1.82, 2.24) is 5.32 Å². The summed E-state index contributed by atoms with van der Waals surface area (Å²) in [6, 6.07) is 25.7. The molecule has 0 aliphatic carbocycles. The quantitative estimate of drug-likeness (QED) is 0.674. The molecule has 3 nitrogen and oxygen atoms in total. The molecule has 27 heavy (non-hydrogen) atoms. The lowest BCUT2D eigenvalue weighted by atomic mass is 9.97. The van der Waals surface area contributed by atoms with Crippen LogP contribution in [-0.2, 0) is 4.79 Å². The highest BCUT2D eigenvalue weighted by Gasteiger charge is 2.21. The number of rotatable bonds is 6. The van der Waals surface area contributed by atoms with Crippen LogP contribution in [-0.4, -0.2) is 12.0 Å². The average molecular weight is 359 g/mol. The van der Waals surface area contributed by atoms with E-state index in [4.69, 9.17) is 4.74 Å². The monoisotopic (exact) mass is 359 g/mol. The van der Waals surface area contributed by atoms with E-state index in [1.807, 2.05) is 61.5 Å². The van der Waals surface area contributed by atoms with E-state index in [1.54, 1.807) is 6.92 Å². The number of benzene rings is 3. The third-order valence-electron chi connectivity index (χ3n) is 4.53. The molecule has 138 valence electrons. The van der Waals surface area contributed by atoms with Crippen molar-refractivity contribution in [2.45, 2.75) is 32.9 Å². The summed E-state index contributed by atoms with van der Waals surface area (Å²) in [5, 5.41) is 3.14. The molecule has 0 saturated carbocycles. The predicted octanol–water partition coefficient (Wildman–Crippen LogP) is 4.98. The summed E-state index contributed by atoms with van der Waals surface area (Å²) in [5.74, 6) is 0.542. The molecule has 0 fully saturated rings. The summed E-state index contributed by atoms with van der Waals surface area (Å²) >= 11 is 0. The molecule has 3 heteroatoms. The first-order valence-electron chi connectivity index (χ1n) is 9.18. The van der Waals surface area contributed by atoms with E-state index in [1.165, 1.54) is 5.56 Å². The summed E-state index contributed by atoms with van der Waals surface area (Å²) in [6.45, 7) is 5.84. The Hall–Kier alpha value is -3.07. The summed E-state index contributed by atoms with van der Waals surface area (Å²) in [7, 11) is 0. The van der Waals surface area contributed by atoms with Gasteiger partial charge in [-0.1, -0.05) is 77.9 Å². The molecule has 0 aromatic heterocycles. The lowest BCUT2D eigenvalue weighted by Crippen LogP contribution is -2.39. The third-order valence-corrected chi connectivity index (χ3v) is 4.53. The zero-order valence-corrected chi connectivity index (χ0v) is 16.0. The Kier molecular flexibility index (Phi) is 5.92. The number of aryl methyl sites for hydroxylation is 2. The van der Waals surface area contributed by atoms with E-state index in [-0.39, 0.29) is 11.9 Å². The SMILES string of the molecule is Cc1ccc(O[C@@H](C)C(=O)N[C@H](c2ccccc2)c2ccc(C)cc2)cc1. The maximum atomic E-state index is 12.8.